The molecule has 0 bridgehead atoms. The summed E-state index contributed by atoms with van der Waals surface area (Å²) in [5.74, 6) is -0.308. The van der Waals surface area contributed by atoms with Crippen molar-refractivity contribution < 1.29 is 9.53 Å². The number of nitrogens with zero attached hydrogens (tertiary/aromatic N) is 1. The summed E-state index contributed by atoms with van der Waals surface area (Å²) in [5, 5.41) is 0.512. The molecule has 0 aliphatic carbocycles. The molecule has 5 heteroatoms. The Morgan fingerprint density at radius 1 is 1.47 bits per heavy atom. The van der Waals surface area contributed by atoms with Gasteiger partial charge in [0, 0.05) is 0 Å². The number of benzene rings is 1. The van der Waals surface area contributed by atoms with E-state index in [9.17, 15) is 4.79 Å². The minimum absolute atomic E-state index is 0.120. The molecule has 90 valence electrons. The van der Waals surface area contributed by atoms with Crippen LogP contribution in [0.5, 0.6) is 0 Å². The zero-order chi connectivity index (χ0) is 12.6. The molecule has 0 fully saturated rings. The predicted octanol–water partition coefficient (Wildman–Crippen LogP) is 2.75. The summed E-state index contributed by atoms with van der Waals surface area (Å²) in [6.07, 6.45) is -0.120. The first-order valence-corrected chi connectivity index (χ1v) is 6.16. The van der Waals surface area contributed by atoms with Gasteiger partial charge in [0.05, 0.1) is 21.9 Å². The first-order chi connectivity index (χ1) is 7.97. The van der Waals surface area contributed by atoms with E-state index in [4.69, 9.17) is 10.5 Å². The number of anilines is 1. The highest BCUT2D eigenvalue weighted by Gasteiger charge is 2.13. The van der Waals surface area contributed by atoms with Gasteiger partial charge < -0.3 is 10.5 Å². The molecule has 0 saturated heterocycles. The summed E-state index contributed by atoms with van der Waals surface area (Å²) in [6.45, 7) is 5.57. The van der Waals surface area contributed by atoms with Gasteiger partial charge in [0.1, 0.15) is 0 Å². The van der Waals surface area contributed by atoms with E-state index in [1.807, 2.05) is 20.8 Å². The Bertz CT molecular complexity index is 575. The number of thiazole rings is 1. The van der Waals surface area contributed by atoms with Crippen LogP contribution in [0.4, 0.5) is 5.13 Å². The van der Waals surface area contributed by atoms with Crippen LogP contribution in [0, 0.1) is 6.92 Å². The third kappa shape index (κ3) is 2.39. The van der Waals surface area contributed by atoms with Gasteiger partial charge in [-0.3, -0.25) is 0 Å². The number of hydrogen-bond donors (Lipinski definition) is 1. The van der Waals surface area contributed by atoms with Crippen LogP contribution < -0.4 is 5.73 Å². The molecule has 0 spiro atoms. The standard InChI is InChI=1S/C12H14N2O2S/c1-6(2)16-11(15)8-4-7(3)10-9(5-8)17-12(13)14-10/h4-6H,1-3H3,(H2,13,14). The number of esters is 1. The molecule has 2 aromatic rings. The van der Waals surface area contributed by atoms with Crippen LogP contribution in [0.2, 0.25) is 0 Å². The summed E-state index contributed by atoms with van der Waals surface area (Å²) in [4.78, 5) is 16.0. The normalized spacial score (nSPS) is 11.1. The number of carbonyl (C=O) groups is 1. The topological polar surface area (TPSA) is 65.2 Å². The van der Waals surface area contributed by atoms with E-state index in [1.54, 1.807) is 12.1 Å². The lowest BCUT2D eigenvalue weighted by molar-refractivity contribution is 0.0378. The van der Waals surface area contributed by atoms with Gasteiger partial charge in [-0.1, -0.05) is 11.3 Å². The molecule has 0 unspecified atom stereocenters. The highest BCUT2D eigenvalue weighted by Crippen LogP contribution is 2.27. The van der Waals surface area contributed by atoms with E-state index < -0.39 is 0 Å². The maximum Gasteiger partial charge on any atom is 0.338 e. The van der Waals surface area contributed by atoms with Gasteiger partial charge in [0.25, 0.3) is 0 Å². The highest BCUT2D eigenvalue weighted by molar-refractivity contribution is 7.22. The first kappa shape index (κ1) is 11.9. The Morgan fingerprint density at radius 3 is 2.82 bits per heavy atom. The number of hydrogen-bond acceptors (Lipinski definition) is 5. The predicted molar refractivity (Wildman–Crippen MR) is 69.3 cm³/mol. The largest absolute Gasteiger partial charge is 0.459 e. The van der Waals surface area contributed by atoms with Crippen molar-refractivity contribution in [2.24, 2.45) is 0 Å². The molecule has 0 atom stereocenters. The van der Waals surface area contributed by atoms with Crippen molar-refractivity contribution in [2.45, 2.75) is 26.9 Å². The van der Waals surface area contributed by atoms with Crippen LogP contribution in [0.15, 0.2) is 12.1 Å². The molecular formula is C12H14N2O2S. The van der Waals surface area contributed by atoms with Gasteiger partial charge in [-0.15, -0.1) is 0 Å². The number of aryl methyl sites for hydroxylation is 1. The molecule has 0 radical (unpaired) electrons. The maximum absolute atomic E-state index is 11.8. The van der Waals surface area contributed by atoms with Gasteiger partial charge in [-0.25, -0.2) is 9.78 Å². The van der Waals surface area contributed by atoms with Crippen LogP contribution in [0.1, 0.15) is 29.8 Å². The fourth-order valence-corrected chi connectivity index (χ4v) is 2.47. The minimum atomic E-state index is -0.308. The Labute approximate surface area is 103 Å². The molecule has 0 aliphatic rings. The molecule has 2 rings (SSSR count). The van der Waals surface area contributed by atoms with Crippen LogP contribution in [-0.4, -0.2) is 17.1 Å². The van der Waals surface area contributed by atoms with Crippen molar-refractivity contribution in [1.82, 2.24) is 4.98 Å². The van der Waals surface area contributed by atoms with Gasteiger partial charge >= 0.3 is 5.97 Å². The Morgan fingerprint density at radius 2 is 2.18 bits per heavy atom. The number of fused-ring (bicyclic) bond motifs is 1. The molecule has 2 N–H and O–H groups in total. The summed E-state index contributed by atoms with van der Waals surface area (Å²) in [6, 6.07) is 3.56. The molecule has 1 aromatic carbocycles. The Balaban J connectivity index is 2.46. The van der Waals surface area contributed by atoms with Crippen molar-refractivity contribution in [1.29, 1.82) is 0 Å². The molecule has 0 amide bonds. The van der Waals surface area contributed by atoms with Gasteiger partial charge in [-0.2, -0.15) is 0 Å². The summed E-state index contributed by atoms with van der Waals surface area (Å²) >= 11 is 1.38. The SMILES string of the molecule is Cc1cc(C(=O)OC(C)C)cc2sc(N)nc12. The minimum Gasteiger partial charge on any atom is -0.459 e. The zero-order valence-corrected chi connectivity index (χ0v) is 10.8. The van der Waals surface area contributed by atoms with E-state index in [0.717, 1.165) is 15.8 Å². The molecular weight excluding hydrogens is 236 g/mol. The fourth-order valence-electron chi connectivity index (χ4n) is 1.61. The highest BCUT2D eigenvalue weighted by atomic mass is 32.1. The Hall–Kier alpha value is -1.62. The smallest absolute Gasteiger partial charge is 0.338 e. The molecule has 0 aliphatic heterocycles. The van der Waals surface area contributed by atoms with Crippen molar-refractivity contribution >= 4 is 32.7 Å². The van der Waals surface area contributed by atoms with E-state index in [-0.39, 0.29) is 12.1 Å². The number of aromatic nitrogens is 1. The van der Waals surface area contributed by atoms with Gasteiger partial charge in [-0.05, 0) is 38.5 Å². The second kappa shape index (κ2) is 4.33. The van der Waals surface area contributed by atoms with Gasteiger partial charge in [0.15, 0.2) is 5.13 Å². The van der Waals surface area contributed by atoms with Crippen LogP contribution in [0.25, 0.3) is 10.2 Å². The number of carbonyl (C=O) groups excluding carboxylic acids is 1. The third-order valence-corrected chi connectivity index (χ3v) is 3.11. The van der Waals surface area contributed by atoms with Crippen LogP contribution in [-0.2, 0) is 4.74 Å². The van der Waals surface area contributed by atoms with Crippen molar-refractivity contribution in [3.8, 4) is 0 Å². The van der Waals surface area contributed by atoms with Crippen molar-refractivity contribution in [3.05, 3.63) is 23.3 Å². The first-order valence-electron chi connectivity index (χ1n) is 5.35. The van der Waals surface area contributed by atoms with Crippen molar-refractivity contribution in [2.75, 3.05) is 5.73 Å². The average molecular weight is 250 g/mol. The number of rotatable bonds is 2. The maximum atomic E-state index is 11.8. The monoisotopic (exact) mass is 250 g/mol. The summed E-state index contributed by atoms with van der Waals surface area (Å²) in [7, 11) is 0. The molecule has 1 heterocycles. The molecule has 17 heavy (non-hydrogen) atoms. The van der Waals surface area contributed by atoms with E-state index in [0.29, 0.717) is 10.7 Å². The number of nitrogen functional groups attached to an aromatic ring is 1. The van der Waals surface area contributed by atoms with E-state index in [1.165, 1.54) is 11.3 Å². The van der Waals surface area contributed by atoms with Crippen LogP contribution in [0.3, 0.4) is 0 Å². The van der Waals surface area contributed by atoms with E-state index >= 15 is 0 Å². The molecule has 0 saturated carbocycles. The molecule has 1 aromatic heterocycles. The summed E-state index contributed by atoms with van der Waals surface area (Å²) < 4.78 is 6.08. The fraction of sp³-hybridized carbons (Fsp3) is 0.333. The second-order valence-electron chi connectivity index (χ2n) is 4.15. The average Bonchev–Trinajstić information content (AvgIpc) is 2.58. The Kier molecular flexibility index (Phi) is 3.02. The van der Waals surface area contributed by atoms with Crippen molar-refractivity contribution in [3.63, 3.8) is 0 Å². The zero-order valence-electron chi connectivity index (χ0n) is 9.98. The second-order valence-corrected chi connectivity index (χ2v) is 5.21. The quantitative estimate of drug-likeness (QED) is 0.832. The van der Waals surface area contributed by atoms with Crippen LogP contribution >= 0.6 is 11.3 Å². The lowest BCUT2D eigenvalue weighted by atomic mass is 10.1. The lowest BCUT2D eigenvalue weighted by Gasteiger charge is -2.08. The third-order valence-electron chi connectivity index (χ3n) is 2.28. The number of nitrogens with two attached hydrogens (primary N) is 1. The van der Waals surface area contributed by atoms with Gasteiger partial charge in [0.2, 0.25) is 0 Å². The molecule has 4 nitrogen and oxygen atoms in total. The van der Waals surface area contributed by atoms with E-state index in [2.05, 4.69) is 4.98 Å². The lowest BCUT2D eigenvalue weighted by Crippen LogP contribution is -2.11. The summed E-state index contributed by atoms with van der Waals surface area (Å²) in [5.41, 5.74) is 8.00. The number of ether oxygens (including phenoxy) is 1.